The fourth-order valence-corrected chi connectivity index (χ4v) is 8.98. The molecule has 0 amide bonds. The molecule has 1 saturated carbocycles. The Kier molecular flexibility index (Phi) is 8.69. The lowest BCUT2D eigenvalue weighted by Crippen LogP contribution is -2.53. The predicted octanol–water partition coefficient (Wildman–Crippen LogP) is 7.42. The molecule has 1 unspecified atom stereocenters. The summed E-state index contributed by atoms with van der Waals surface area (Å²) in [4.78, 5) is 29.2. The van der Waals surface area contributed by atoms with Crippen molar-refractivity contribution in [2.24, 2.45) is 11.8 Å². The van der Waals surface area contributed by atoms with Crippen LogP contribution in [0.1, 0.15) is 87.1 Å². The predicted molar refractivity (Wildman–Crippen MR) is 182 cm³/mol. The first-order valence-electron chi connectivity index (χ1n) is 17.1. The number of aromatic nitrogens is 1. The van der Waals surface area contributed by atoms with E-state index < -0.39 is 23.6 Å². The van der Waals surface area contributed by atoms with E-state index in [1.165, 1.54) is 5.56 Å². The summed E-state index contributed by atoms with van der Waals surface area (Å²) < 4.78 is 18.3. The zero-order valence-electron chi connectivity index (χ0n) is 27.5. The molecule has 4 aliphatic rings. The van der Waals surface area contributed by atoms with Gasteiger partial charge in [0.25, 0.3) is 0 Å². The maximum Gasteiger partial charge on any atom is 0.348 e. The Morgan fingerprint density at radius 1 is 1.12 bits per heavy atom. The third kappa shape index (κ3) is 5.95. The van der Waals surface area contributed by atoms with Crippen molar-refractivity contribution in [3.63, 3.8) is 0 Å². The van der Waals surface area contributed by atoms with Crippen LogP contribution in [0.4, 0.5) is 5.69 Å². The molecule has 2 aromatic carbocycles. The normalized spacial score (nSPS) is 27.9. The van der Waals surface area contributed by atoms with Crippen LogP contribution in [0.25, 0.3) is 0 Å². The first-order valence-corrected chi connectivity index (χ1v) is 17.5. The van der Waals surface area contributed by atoms with E-state index in [9.17, 15) is 19.8 Å². The number of benzene rings is 2. The number of hydrogen-bond acceptors (Lipinski definition) is 7. The maximum absolute atomic E-state index is 12.9. The summed E-state index contributed by atoms with van der Waals surface area (Å²) in [5, 5.41) is 24.0. The third-order valence-electron chi connectivity index (χ3n) is 11.3. The zero-order valence-corrected chi connectivity index (χ0v) is 28.2. The van der Waals surface area contributed by atoms with Crippen LogP contribution in [0.3, 0.4) is 0 Å². The Morgan fingerprint density at radius 2 is 1.94 bits per heavy atom. The van der Waals surface area contributed by atoms with E-state index in [0.717, 1.165) is 54.7 Å². The van der Waals surface area contributed by atoms with Crippen LogP contribution >= 0.6 is 11.6 Å². The summed E-state index contributed by atoms with van der Waals surface area (Å²) >= 11 is 6.25. The molecule has 1 spiro atoms. The van der Waals surface area contributed by atoms with Crippen molar-refractivity contribution in [2.45, 2.75) is 94.6 Å². The summed E-state index contributed by atoms with van der Waals surface area (Å²) in [6, 6.07) is 13.2. The Balaban J connectivity index is 1.15. The number of carboxylic acids is 2. The van der Waals surface area contributed by atoms with Crippen molar-refractivity contribution < 1.29 is 34.0 Å². The highest BCUT2D eigenvalue weighted by Crippen LogP contribution is 2.58. The fraction of sp³-hybridized carbons (Fsp3) is 0.500. The minimum Gasteiger partial charge on any atom is -0.493 e. The lowest BCUT2D eigenvalue weighted by atomic mass is 9.59. The monoisotopic (exact) mass is 674 g/mol. The van der Waals surface area contributed by atoms with Crippen LogP contribution in [0.5, 0.6) is 17.2 Å². The summed E-state index contributed by atoms with van der Waals surface area (Å²) in [5.74, 6) is 0.903. The van der Waals surface area contributed by atoms with Crippen molar-refractivity contribution >= 4 is 29.2 Å². The Bertz CT molecular complexity index is 1720. The van der Waals surface area contributed by atoms with Gasteiger partial charge in [-0.2, -0.15) is 0 Å². The highest BCUT2D eigenvalue weighted by molar-refractivity contribution is 6.30. The summed E-state index contributed by atoms with van der Waals surface area (Å²) in [5.41, 5.74) is 3.96. The summed E-state index contributed by atoms with van der Waals surface area (Å²) in [6.45, 7) is 5.00. The molecular formula is C38H43ClN2O7. The number of carbonyl (C=O) groups is 2. The molecule has 0 radical (unpaired) electrons. The second kappa shape index (κ2) is 12.8. The quantitative estimate of drug-likeness (QED) is 0.212. The van der Waals surface area contributed by atoms with Gasteiger partial charge in [-0.05, 0) is 128 Å². The van der Waals surface area contributed by atoms with Crippen LogP contribution < -0.4 is 19.5 Å². The van der Waals surface area contributed by atoms with Crippen LogP contribution in [0.2, 0.25) is 5.02 Å². The number of aliphatic carboxylic acids is 2. The van der Waals surface area contributed by atoms with Gasteiger partial charge in [0, 0.05) is 28.2 Å². The molecule has 3 aliphatic carbocycles. The van der Waals surface area contributed by atoms with Crippen molar-refractivity contribution in [1.82, 2.24) is 4.98 Å². The van der Waals surface area contributed by atoms with Gasteiger partial charge in [0.2, 0.25) is 6.10 Å². The molecule has 7 rings (SSSR count). The maximum atomic E-state index is 12.9. The van der Waals surface area contributed by atoms with Crippen molar-refractivity contribution in [3.05, 3.63) is 76.1 Å². The average molecular weight is 675 g/mol. The zero-order chi connectivity index (χ0) is 33.6. The third-order valence-corrected chi connectivity index (χ3v) is 11.5. The van der Waals surface area contributed by atoms with E-state index in [1.807, 2.05) is 36.5 Å². The molecule has 48 heavy (non-hydrogen) atoms. The van der Waals surface area contributed by atoms with Crippen LogP contribution in [0.15, 0.2) is 48.7 Å². The number of fused-ring (bicyclic) bond motifs is 4. The largest absolute Gasteiger partial charge is 0.493 e. The van der Waals surface area contributed by atoms with Gasteiger partial charge in [0.1, 0.15) is 17.9 Å². The second-order valence-electron chi connectivity index (χ2n) is 14.4. The van der Waals surface area contributed by atoms with E-state index in [2.05, 4.69) is 24.1 Å². The number of nitrogens with one attached hydrogen (secondary N) is 1. The number of rotatable bonds is 9. The number of ether oxygens (including phenoxy) is 3. The van der Waals surface area contributed by atoms with Crippen LogP contribution in [0, 0.1) is 11.8 Å². The molecule has 3 aromatic rings. The van der Waals surface area contributed by atoms with Crippen molar-refractivity contribution in [1.29, 1.82) is 0 Å². The number of pyridine rings is 1. The number of nitrogens with zero attached hydrogens (tertiary/aromatic N) is 1. The van der Waals surface area contributed by atoms with E-state index in [4.69, 9.17) is 25.8 Å². The van der Waals surface area contributed by atoms with Gasteiger partial charge in [0.15, 0.2) is 11.5 Å². The number of carboxylic acid groups (broad SMARTS) is 2. The number of hydrogen-bond donors (Lipinski definition) is 3. The van der Waals surface area contributed by atoms with E-state index in [1.54, 1.807) is 12.1 Å². The second-order valence-corrected chi connectivity index (χ2v) is 14.8. The van der Waals surface area contributed by atoms with E-state index in [0.29, 0.717) is 60.4 Å². The molecular weight excluding hydrogens is 632 g/mol. The number of anilines is 1. The lowest BCUT2D eigenvalue weighted by Gasteiger charge is -2.47. The Morgan fingerprint density at radius 3 is 2.69 bits per heavy atom. The lowest BCUT2D eigenvalue weighted by molar-refractivity contribution is -0.147. The van der Waals surface area contributed by atoms with E-state index >= 15 is 0 Å². The van der Waals surface area contributed by atoms with Gasteiger partial charge in [-0.25, -0.2) is 9.59 Å². The molecule has 1 fully saturated rings. The highest BCUT2D eigenvalue weighted by Gasteiger charge is 2.54. The van der Waals surface area contributed by atoms with Gasteiger partial charge in [0.05, 0.1) is 6.61 Å². The van der Waals surface area contributed by atoms with Gasteiger partial charge in [-0.1, -0.05) is 31.5 Å². The minimum absolute atomic E-state index is 0.0606. The number of halogens is 1. The SMILES string of the molecule is C[C@@H](COc1ccnc2c1[C@H](C)CCC2)C[C@H]1Cc2cc3c(cc2C12CCC(Nc1cccc(Cl)c1)(C(=O)O)CC2)OCC(C(=O)O)O3. The highest BCUT2D eigenvalue weighted by atomic mass is 35.5. The van der Waals surface area contributed by atoms with Crippen molar-refractivity contribution in [3.8, 4) is 17.2 Å². The van der Waals surface area contributed by atoms with Gasteiger partial charge >= 0.3 is 11.9 Å². The summed E-state index contributed by atoms with van der Waals surface area (Å²) in [6.07, 6.45) is 7.99. The van der Waals surface area contributed by atoms with E-state index in [-0.39, 0.29) is 23.9 Å². The molecule has 254 valence electrons. The first kappa shape index (κ1) is 32.6. The van der Waals surface area contributed by atoms with Crippen molar-refractivity contribution in [2.75, 3.05) is 18.5 Å². The Hall–Kier alpha value is -3.98. The minimum atomic E-state index is -1.13. The summed E-state index contributed by atoms with van der Waals surface area (Å²) in [7, 11) is 0. The molecule has 0 bridgehead atoms. The molecule has 1 aliphatic heterocycles. The average Bonchev–Trinajstić information content (AvgIpc) is 3.34. The smallest absolute Gasteiger partial charge is 0.348 e. The number of aryl methyl sites for hydroxylation is 1. The first-order chi connectivity index (χ1) is 23.1. The van der Waals surface area contributed by atoms with Crippen LogP contribution in [-0.4, -0.2) is 52.0 Å². The Labute approximate surface area is 286 Å². The topological polar surface area (TPSA) is 127 Å². The molecule has 2 heterocycles. The molecule has 10 heteroatoms. The standard InChI is InChI=1S/C38H43ClN2O7/c1-22(20-46-30-9-14-40-29-8-3-5-23(2)34(29)30)15-25-16-24-17-32-31(47-21-33(48-32)35(42)43)19-28(24)37(25)10-12-38(13-11-37,36(44)45)41-27-7-4-6-26(39)18-27/h4,6-7,9,14,17-19,22-23,25,33,41H,3,5,8,10-13,15-16,20-21H2,1-2H3,(H,42,43)(H,44,45)/t22-,23-,25+,33?,37?,38?/m1/s1. The molecule has 1 aromatic heterocycles. The molecule has 3 N–H and O–H groups in total. The van der Waals surface area contributed by atoms with Gasteiger partial charge in [-0.3, -0.25) is 4.98 Å². The van der Waals surface area contributed by atoms with Gasteiger partial charge < -0.3 is 29.7 Å². The molecule has 9 nitrogen and oxygen atoms in total. The van der Waals surface area contributed by atoms with Crippen LogP contribution in [-0.2, 0) is 27.8 Å². The molecule has 4 atom stereocenters. The van der Waals surface area contributed by atoms with Gasteiger partial charge in [-0.15, -0.1) is 0 Å². The molecule has 0 saturated heterocycles. The fourth-order valence-electron chi connectivity index (χ4n) is 8.79.